The quantitative estimate of drug-likeness (QED) is 0.770. The van der Waals surface area contributed by atoms with Gasteiger partial charge in [0.15, 0.2) is 0 Å². The zero-order chi connectivity index (χ0) is 19.6. The van der Waals surface area contributed by atoms with Crippen LogP contribution < -0.4 is 10.6 Å². The van der Waals surface area contributed by atoms with Gasteiger partial charge < -0.3 is 15.5 Å². The fourth-order valence-electron chi connectivity index (χ4n) is 7.87. The van der Waals surface area contributed by atoms with Gasteiger partial charge in [-0.05, 0) is 56.3 Å². The third kappa shape index (κ3) is 2.31. The summed E-state index contributed by atoms with van der Waals surface area (Å²) in [7, 11) is 0. The molecule has 5 nitrogen and oxygen atoms in total. The summed E-state index contributed by atoms with van der Waals surface area (Å²) in [6, 6.07) is 0.608. The minimum Gasteiger partial charge on any atom is -0.351 e. The summed E-state index contributed by atoms with van der Waals surface area (Å²) in [5, 5.41) is 6.71. The molecule has 5 aliphatic rings. The van der Waals surface area contributed by atoms with E-state index in [4.69, 9.17) is 0 Å². The number of piperidine rings is 1. The second-order valence-electron chi connectivity index (χ2n) is 10.9. The fraction of sp³-hybridized carbons (Fsp3) is 0.913. The molecule has 28 heavy (non-hydrogen) atoms. The Labute approximate surface area is 169 Å². The van der Waals surface area contributed by atoms with Gasteiger partial charge in [-0.15, -0.1) is 0 Å². The van der Waals surface area contributed by atoms with E-state index in [2.05, 4.69) is 24.5 Å². The van der Waals surface area contributed by atoms with E-state index in [9.17, 15) is 9.59 Å². The predicted octanol–water partition coefficient (Wildman–Crippen LogP) is 3.97. The molecule has 0 aromatic heterocycles. The topological polar surface area (TPSA) is 61.4 Å². The highest BCUT2D eigenvalue weighted by molar-refractivity contribution is 5.94. The SMILES string of the molecule is CC12CN(C(=O)NC3CCCCC3)C3(C(=O)NC4CCCC4)CC1CCC23C. The fourth-order valence-corrected chi connectivity index (χ4v) is 7.87. The van der Waals surface area contributed by atoms with E-state index in [-0.39, 0.29) is 28.8 Å². The van der Waals surface area contributed by atoms with Gasteiger partial charge in [-0.1, -0.05) is 46.0 Å². The van der Waals surface area contributed by atoms with Gasteiger partial charge in [-0.2, -0.15) is 0 Å². The van der Waals surface area contributed by atoms with Crippen molar-refractivity contribution in [2.45, 2.75) is 109 Å². The first-order valence-electron chi connectivity index (χ1n) is 11.8. The Morgan fingerprint density at radius 2 is 1.46 bits per heavy atom. The first-order valence-corrected chi connectivity index (χ1v) is 11.8. The molecule has 0 spiro atoms. The molecular weight excluding hydrogens is 350 g/mol. The molecule has 4 bridgehead atoms. The average molecular weight is 388 g/mol. The van der Waals surface area contributed by atoms with Crippen molar-refractivity contribution in [3.63, 3.8) is 0 Å². The van der Waals surface area contributed by atoms with E-state index in [1.54, 1.807) is 0 Å². The Bertz CT molecular complexity index is 669. The molecule has 3 amide bonds. The summed E-state index contributed by atoms with van der Waals surface area (Å²) in [4.78, 5) is 29.2. The number of carbonyl (C=O) groups is 2. The average Bonchev–Trinajstić information content (AvgIpc) is 3.37. The van der Waals surface area contributed by atoms with Crippen LogP contribution in [0.15, 0.2) is 0 Å². The van der Waals surface area contributed by atoms with Crippen molar-refractivity contribution in [1.82, 2.24) is 15.5 Å². The van der Waals surface area contributed by atoms with Crippen molar-refractivity contribution in [1.29, 1.82) is 0 Å². The van der Waals surface area contributed by atoms with Gasteiger partial charge in [0.1, 0.15) is 5.54 Å². The highest BCUT2D eigenvalue weighted by Crippen LogP contribution is 2.75. The molecule has 1 heterocycles. The third-order valence-electron chi connectivity index (χ3n) is 9.80. The number of amides is 3. The molecule has 4 atom stereocenters. The molecule has 5 rings (SSSR count). The number of urea groups is 1. The van der Waals surface area contributed by atoms with Gasteiger partial charge in [0.2, 0.25) is 5.91 Å². The molecule has 4 aliphatic carbocycles. The molecule has 1 aliphatic heterocycles. The number of hydrogen-bond donors (Lipinski definition) is 2. The van der Waals surface area contributed by atoms with Crippen molar-refractivity contribution < 1.29 is 9.59 Å². The molecule has 4 unspecified atom stereocenters. The molecule has 0 radical (unpaired) electrons. The van der Waals surface area contributed by atoms with Gasteiger partial charge in [-0.3, -0.25) is 4.79 Å². The normalized spacial score (nSPS) is 42.9. The molecule has 1 saturated heterocycles. The number of carbonyl (C=O) groups excluding carboxylic acids is 2. The van der Waals surface area contributed by atoms with Crippen molar-refractivity contribution in [3.05, 3.63) is 0 Å². The maximum atomic E-state index is 13.8. The number of likely N-dealkylation sites (tertiary alicyclic amines) is 1. The number of nitrogens with one attached hydrogen (secondary N) is 2. The van der Waals surface area contributed by atoms with Crippen LogP contribution in [-0.4, -0.2) is 41.0 Å². The standard InChI is InChI=1S/C23H37N3O2/c1-21-15-26(20(28)25-18-8-4-3-5-9-18)23(14-16(21)12-13-22(21,23)2)19(27)24-17-10-6-7-11-17/h16-18H,3-15H2,1-2H3,(H,24,27)(H,25,28). The Hall–Kier alpha value is -1.26. The van der Waals surface area contributed by atoms with Crippen LogP contribution in [0.4, 0.5) is 4.79 Å². The number of nitrogens with zero attached hydrogens (tertiary/aromatic N) is 1. The minimum atomic E-state index is -0.647. The first-order chi connectivity index (χ1) is 13.4. The van der Waals surface area contributed by atoms with Crippen molar-refractivity contribution in [2.75, 3.05) is 6.54 Å². The number of hydrogen-bond acceptors (Lipinski definition) is 2. The largest absolute Gasteiger partial charge is 0.351 e. The lowest BCUT2D eigenvalue weighted by Crippen LogP contribution is -2.66. The van der Waals surface area contributed by atoms with Gasteiger partial charge in [-0.25, -0.2) is 4.79 Å². The molecule has 5 fully saturated rings. The molecule has 2 N–H and O–H groups in total. The lowest BCUT2D eigenvalue weighted by Gasteiger charge is -2.47. The molecule has 156 valence electrons. The maximum Gasteiger partial charge on any atom is 0.318 e. The number of rotatable bonds is 3. The van der Waals surface area contributed by atoms with Crippen LogP contribution in [0.1, 0.15) is 90.9 Å². The van der Waals surface area contributed by atoms with Crippen molar-refractivity contribution in [2.24, 2.45) is 16.7 Å². The molecule has 5 heteroatoms. The smallest absolute Gasteiger partial charge is 0.318 e. The van der Waals surface area contributed by atoms with Gasteiger partial charge in [0.05, 0.1) is 0 Å². The summed E-state index contributed by atoms with van der Waals surface area (Å²) in [5.74, 6) is 0.720. The van der Waals surface area contributed by atoms with Gasteiger partial charge in [0, 0.05) is 24.0 Å². The monoisotopic (exact) mass is 387 g/mol. The first kappa shape index (κ1) is 18.7. The molecule has 0 aromatic rings. The molecule has 0 aromatic carbocycles. The van der Waals surface area contributed by atoms with Crippen LogP contribution in [0.25, 0.3) is 0 Å². The van der Waals surface area contributed by atoms with Crippen LogP contribution >= 0.6 is 0 Å². The van der Waals surface area contributed by atoms with E-state index >= 15 is 0 Å². The van der Waals surface area contributed by atoms with Crippen molar-refractivity contribution in [3.8, 4) is 0 Å². The highest BCUT2D eigenvalue weighted by atomic mass is 16.2. The lowest BCUT2D eigenvalue weighted by atomic mass is 9.65. The Morgan fingerprint density at radius 3 is 2.11 bits per heavy atom. The Balaban J connectivity index is 1.43. The van der Waals surface area contributed by atoms with Crippen LogP contribution in [0.2, 0.25) is 0 Å². The van der Waals surface area contributed by atoms with E-state index in [1.807, 2.05) is 4.90 Å². The zero-order valence-electron chi connectivity index (χ0n) is 17.7. The summed E-state index contributed by atoms with van der Waals surface area (Å²) in [6.45, 7) is 5.40. The third-order valence-corrected chi connectivity index (χ3v) is 9.80. The van der Waals surface area contributed by atoms with Crippen LogP contribution in [0.3, 0.4) is 0 Å². The zero-order valence-corrected chi connectivity index (χ0v) is 17.7. The van der Waals surface area contributed by atoms with Gasteiger partial charge in [0.25, 0.3) is 0 Å². The predicted molar refractivity (Wildman–Crippen MR) is 109 cm³/mol. The molecular formula is C23H37N3O2. The van der Waals surface area contributed by atoms with E-state index in [0.29, 0.717) is 12.0 Å². The molecule has 4 saturated carbocycles. The second-order valence-corrected chi connectivity index (χ2v) is 10.9. The van der Waals surface area contributed by atoms with Crippen LogP contribution in [-0.2, 0) is 4.79 Å². The van der Waals surface area contributed by atoms with E-state index < -0.39 is 5.54 Å². The minimum absolute atomic E-state index is 0.0174. The Morgan fingerprint density at radius 1 is 0.857 bits per heavy atom. The van der Waals surface area contributed by atoms with Gasteiger partial charge >= 0.3 is 6.03 Å². The lowest BCUT2D eigenvalue weighted by molar-refractivity contribution is -0.137. The van der Waals surface area contributed by atoms with E-state index in [1.165, 1.54) is 38.5 Å². The van der Waals surface area contributed by atoms with E-state index in [0.717, 1.165) is 45.1 Å². The van der Waals surface area contributed by atoms with Crippen molar-refractivity contribution >= 4 is 11.9 Å². The van der Waals surface area contributed by atoms with Crippen LogP contribution in [0, 0.1) is 16.7 Å². The maximum absolute atomic E-state index is 13.8. The highest BCUT2D eigenvalue weighted by Gasteiger charge is 2.80. The summed E-state index contributed by atoms with van der Waals surface area (Å²) in [6.07, 6.45) is 13.6. The second kappa shape index (κ2) is 6.37. The Kier molecular flexibility index (Phi) is 4.26. The summed E-state index contributed by atoms with van der Waals surface area (Å²) < 4.78 is 0. The summed E-state index contributed by atoms with van der Waals surface area (Å²) >= 11 is 0. The van der Waals surface area contributed by atoms with Crippen LogP contribution in [0.5, 0.6) is 0 Å². The summed E-state index contributed by atoms with van der Waals surface area (Å²) in [5.41, 5.74) is -0.673.